The molecule has 0 fully saturated rings. The number of hydrogen-bond donors (Lipinski definition) is 0. The molecule has 0 radical (unpaired) electrons. The second-order valence-corrected chi connectivity index (χ2v) is 5.07. The predicted octanol–water partition coefficient (Wildman–Crippen LogP) is 4.02. The average molecular weight is 296 g/mol. The van der Waals surface area contributed by atoms with Gasteiger partial charge in [-0.25, -0.2) is 9.78 Å². The smallest absolute Gasteiger partial charge is 0.356 e. The average Bonchev–Trinajstić information content (AvgIpc) is 2.51. The van der Waals surface area contributed by atoms with Crippen molar-refractivity contribution in [2.24, 2.45) is 4.99 Å². The lowest BCUT2D eigenvalue weighted by molar-refractivity contribution is 0.0519. The number of carbonyl (C=O) groups excluding carboxylic acids is 1. The molecule has 4 heteroatoms. The van der Waals surface area contributed by atoms with E-state index in [1.807, 2.05) is 45.0 Å². The number of ether oxygens (including phenoxy) is 1. The summed E-state index contributed by atoms with van der Waals surface area (Å²) in [5, 5.41) is 0. The molecule has 0 saturated heterocycles. The third kappa shape index (κ3) is 3.58. The number of esters is 1. The van der Waals surface area contributed by atoms with E-state index in [2.05, 4.69) is 9.98 Å². The molecule has 22 heavy (non-hydrogen) atoms. The number of pyridine rings is 1. The summed E-state index contributed by atoms with van der Waals surface area (Å²) in [4.78, 5) is 20.8. The number of rotatable bonds is 4. The Kier molecular flexibility index (Phi) is 5.04. The SMILES string of the molecule is CCOC(=O)c1cccc(C(C)=Nc2c(C)cccc2C)n1. The standard InChI is InChI=1S/C18H20N2O2/c1-5-22-18(21)16-11-7-10-15(20-16)14(4)19-17-12(2)8-6-9-13(17)3/h6-11H,5H2,1-4H3. The van der Waals surface area contributed by atoms with Gasteiger partial charge < -0.3 is 4.74 Å². The van der Waals surface area contributed by atoms with Crippen LogP contribution in [-0.2, 0) is 4.74 Å². The van der Waals surface area contributed by atoms with Gasteiger partial charge in [-0.1, -0.05) is 24.3 Å². The summed E-state index contributed by atoms with van der Waals surface area (Å²) in [6.07, 6.45) is 0. The topological polar surface area (TPSA) is 51.5 Å². The number of para-hydroxylation sites is 1. The summed E-state index contributed by atoms with van der Waals surface area (Å²) in [6, 6.07) is 11.4. The minimum Gasteiger partial charge on any atom is -0.461 e. The van der Waals surface area contributed by atoms with E-state index in [0.29, 0.717) is 18.0 Å². The fourth-order valence-electron chi connectivity index (χ4n) is 2.16. The second kappa shape index (κ2) is 6.98. The Labute approximate surface area is 130 Å². The Morgan fingerprint density at radius 2 is 1.68 bits per heavy atom. The number of benzene rings is 1. The zero-order valence-electron chi connectivity index (χ0n) is 13.4. The molecule has 0 bridgehead atoms. The lowest BCUT2D eigenvalue weighted by atomic mass is 10.1. The van der Waals surface area contributed by atoms with Crippen LogP contribution in [0.3, 0.4) is 0 Å². The summed E-state index contributed by atoms with van der Waals surface area (Å²) < 4.78 is 4.98. The van der Waals surface area contributed by atoms with Gasteiger partial charge in [0.1, 0.15) is 5.69 Å². The fourth-order valence-corrected chi connectivity index (χ4v) is 2.16. The Morgan fingerprint density at radius 1 is 1.09 bits per heavy atom. The highest BCUT2D eigenvalue weighted by atomic mass is 16.5. The van der Waals surface area contributed by atoms with Gasteiger partial charge in [0.2, 0.25) is 0 Å². The molecule has 0 aliphatic carbocycles. The van der Waals surface area contributed by atoms with Crippen LogP contribution in [0, 0.1) is 13.8 Å². The van der Waals surface area contributed by atoms with E-state index >= 15 is 0 Å². The van der Waals surface area contributed by atoms with E-state index in [0.717, 1.165) is 22.5 Å². The van der Waals surface area contributed by atoms with Gasteiger partial charge in [0.25, 0.3) is 0 Å². The zero-order valence-corrected chi connectivity index (χ0v) is 13.4. The minimum absolute atomic E-state index is 0.301. The second-order valence-electron chi connectivity index (χ2n) is 5.07. The molecule has 2 rings (SSSR count). The Hall–Kier alpha value is -2.49. The van der Waals surface area contributed by atoms with Crippen LogP contribution in [0.15, 0.2) is 41.4 Å². The largest absolute Gasteiger partial charge is 0.461 e. The first-order valence-electron chi connectivity index (χ1n) is 7.29. The molecule has 1 aromatic heterocycles. The summed E-state index contributed by atoms with van der Waals surface area (Å²) in [6.45, 7) is 8.06. The van der Waals surface area contributed by atoms with Crippen LogP contribution in [0.4, 0.5) is 5.69 Å². The molecule has 0 aliphatic rings. The monoisotopic (exact) mass is 296 g/mol. The molecular weight excluding hydrogens is 276 g/mol. The van der Waals surface area contributed by atoms with Crippen molar-refractivity contribution in [3.05, 3.63) is 58.9 Å². The van der Waals surface area contributed by atoms with Crippen LogP contribution in [0.5, 0.6) is 0 Å². The maximum absolute atomic E-state index is 11.8. The third-order valence-electron chi connectivity index (χ3n) is 3.32. The lowest BCUT2D eigenvalue weighted by Crippen LogP contribution is -2.09. The predicted molar refractivity (Wildman–Crippen MR) is 88.0 cm³/mol. The van der Waals surface area contributed by atoms with Crippen LogP contribution < -0.4 is 0 Å². The van der Waals surface area contributed by atoms with Gasteiger partial charge in [0.05, 0.1) is 23.7 Å². The van der Waals surface area contributed by atoms with E-state index in [9.17, 15) is 4.79 Å². The van der Waals surface area contributed by atoms with Gasteiger partial charge >= 0.3 is 5.97 Å². The summed E-state index contributed by atoms with van der Waals surface area (Å²) in [5.74, 6) is -0.413. The van der Waals surface area contributed by atoms with Crippen LogP contribution in [0.2, 0.25) is 0 Å². The van der Waals surface area contributed by atoms with Crippen molar-refractivity contribution >= 4 is 17.4 Å². The number of aryl methyl sites for hydroxylation is 2. The number of aliphatic imine (C=N–C) groups is 1. The molecule has 114 valence electrons. The number of hydrogen-bond acceptors (Lipinski definition) is 4. The van der Waals surface area contributed by atoms with Crippen LogP contribution in [0.25, 0.3) is 0 Å². The Morgan fingerprint density at radius 3 is 2.32 bits per heavy atom. The van der Waals surface area contributed by atoms with Gasteiger partial charge in [-0.05, 0) is 51.0 Å². The molecular formula is C18H20N2O2. The minimum atomic E-state index is -0.413. The van der Waals surface area contributed by atoms with E-state index < -0.39 is 5.97 Å². The lowest BCUT2D eigenvalue weighted by Gasteiger charge is -2.07. The molecule has 2 aromatic rings. The maximum atomic E-state index is 11.8. The van der Waals surface area contributed by atoms with E-state index in [1.54, 1.807) is 19.1 Å². The highest BCUT2D eigenvalue weighted by molar-refractivity contribution is 6.00. The molecule has 0 spiro atoms. The first-order chi connectivity index (χ1) is 10.5. The molecule has 0 saturated carbocycles. The van der Waals surface area contributed by atoms with Crippen LogP contribution in [0.1, 0.15) is 41.2 Å². The number of aromatic nitrogens is 1. The van der Waals surface area contributed by atoms with Crippen molar-refractivity contribution in [2.75, 3.05) is 6.61 Å². The van der Waals surface area contributed by atoms with Crippen LogP contribution >= 0.6 is 0 Å². The van der Waals surface area contributed by atoms with E-state index in [-0.39, 0.29) is 0 Å². The highest BCUT2D eigenvalue weighted by Gasteiger charge is 2.10. The molecule has 0 N–H and O–H groups in total. The van der Waals surface area contributed by atoms with Crippen molar-refractivity contribution in [3.8, 4) is 0 Å². The van der Waals surface area contributed by atoms with Gasteiger partial charge in [0.15, 0.2) is 0 Å². The summed E-state index contributed by atoms with van der Waals surface area (Å²) >= 11 is 0. The maximum Gasteiger partial charge on any atom is 0.356 e. The highest BCUT2D eigenvalue weighted by Crippen LogP contribution is 2.23. The first kappa shape index (κ1) is 15.9. The summed E-state index contributed by atoms with van der Waals surface area (Å²) in [7, 11) is 0. The van der Waals surface area contributed by atoms with Gasteiger partial charge in [-0.15, -0.1) is 0 Å². The zero-order chi connectivity index (χ0) is 16.1. The van der Waals surface area contributed by atoms with Gasteiger partial charge in [-0.3, -0.25) is 4.99 Å². The molecule has 0 amide bonds. The Bertz CT molecular complexity index is 701. The van der Waals surface area contributed by atoms with Crippen molar-refractivity contribution in [3.63, 3.8) is 0 Å². The summed E-state index contributed by atoms with van der Waals surface area (Å²) in [5.41, 5.74) is 4.91. The molecule has 0 unspecified atom stereocenters. The molecule has 4 nitrogen and oxygen atoms in total. The first-order valence-corrected chi connectivity index (χ1v) is 7.29. The number of carbonyl (C=O) groups is 1. The fraction of sp³-hybridized carbons (Fsp3) is 0.278. The van der Waals surface area contributed by atoms with Crippen molar-refractivity contribution < 1.29 is 9.53 Å². The van der Waals surface area contributed by atoms with Crippen LogP contribution in [-0.4, -0.2) is 23.3 Å². The quantitative estimate of drug-likeness (QED) is 0.632. The third-order valence-corrected chi connectivity index (χ3v) is 3.32. The molecule has 0 atom stereocenters. The molecule has 1 aromatic carbocycles. The molecule has 0 aliphatic heterocycles. The van der Waals surface area contributed by atoms with E-state index in [4.69, 9.17) is 4.74 Å². The van der Waals surface area contributed by atoms with Gasteiger partial charge in [0, 0.05) is 0 Å². The molecule has 1 heterocycles. The van der Waals surface area contributed by atoms with Crippen molar-refractivity contribution in [2.45, 2.75) is 27.7 Å². The van der Waals surface area contributed by atoms with Crippen molar-refractivity contribution in [1.29, 1.82) is 0 Å². The number of nitrogens with zero attached hydrogens (tertiary/aromatic N) is 2. The van der Waals surface area contributed by atoms with E-state index in [1.165, 1.54) is 0 Å². The Balaban J connectivity index is 2.37. The van der Waals surface area contributed by atoms with Gasteiger partial charge in [-0.2, -0.15) is 0 Å². The normalized spacial score (nSPS) is 11.4. The van der Waals surface area contributed by atoms with Crippen molar-refractivity contribution in [1.82, 2.24) is 4.98 Å².